The highest BCUT2D eigenvalue weighted by molar-refractivity contribution is 9.10. The van der Waals surface area contributed by atoms with Gasteiger partial charge in [-0.15, -0.1) is 0 Å². The Balaban J connectivity index is 2.17. The van der Waals surface area contributed by atoms with Crippen molar-refractivity contribution < 1.29 is 12.8 Å². The first-order valence-electron chi connectivity index (χ1n) is 4.91. The van der Waals surface area contributed by atoms with E-state index in [1.807, 2.05) is 0 Å². The summed E-state index contributed by atoms with van der Waals surface area (Å²) < 4.78 is 39.6. The third-order valence-corrected chi connectivity index (χ3v) is 4.26. The molecule has 0 atom stereocenters. The minimum atomic E-state index is -3.73. The predicted molar refractivity (Wildman–Crippen MR) is 66.7 cm³/mol. The summed E-state index contributed by atoms with van der Waals surface area (Å²) in [6.45, 7) is 0.0938. The van der Waals surface area contributed by atoms with Gasteiger partial charge >= 0.3 is 0 Å². The number of hydrogen-bond donors (Lipinski definition) is 2. The Morgan fingerprint density at radius 1 is 1.44 bits per heavy atom. The van der Waals surface area contributed by atoms with Gasteiger partial charge in [0.05, 0.1) is 15.6 Å². The van der Waals surface area contributed by atoms with Crippen LogP contribution in [0.2, 0.25) is 0 Å². The second kappa shape index (κ2) is 5.17. The highest BCUT2D eigenvalue weighted by Gasteiger charge is 2.15. The summed E-state index contributed by atoms with van der Waals surface area (Å²) in [5.74, 6) is -0.624. The Labute approximate surface area is 112 Å². The number of H-pyrrole nitrogens is 1. The number of sulfonamides is 1. The summed E-state index contributed by atoms with van der Waals surface area (Å²) in [6, 6.07) is 3.63. The lowest BCUT2D eigenvalue weighted by Crippen LogP contribution is -2.23. The summed E-state index contributed by atoms with van der Waals surface area (Å²) in [7, 11) is -3.73. The number of aromatic nitrogens is 2. The minimum Gasteiger partial charge on any atom is -0.285 e. The van der Waals surface area contributed by atoms with E-state index in [4.69, 9.17) is 0 Å². The summed E-state index contributed by atoms with van der Waals surface area (Å²) in [5, 5.41) is 6.27. The molecule has 0 radical (unpaired) electrons. The van der Waals surface area contributed by atoms with E-state index in [0.29, 0.717) is 5.56 Å². The standard InChI is InChI=1S/C10H9BrFN3O2S/c11-9-2-1-8(3-10(9)12)18(16,17)15-6-7-4-13-14-5-7/h1-5,15H,6H2,(H,13,14). The third-order valence-electron chi connectivity index (χ3n) is 2.22. The van der Waals surface area contributed by atoms with Crippen molar-refractivity contribution in [3.63, 3.8) is 0 Å². The highest BCUT2D eigenvalue weighted by atomic mass is 79.9. The maximum absolute atomic E-state index is 13.3. The maximum atomic E-state index is 13.3. The molecule has 2 aromatic rings. The summed E-state index contributed by atoms with van der Waals surface area (Å²) >= 11 is 2.96. The number of halogens is 2. The zero-order valence-electron chi connectivity index (χ0n) is 9.02. The Morgan fingerprint density at radius 2 is 2.22 bits per heavy atom. The molecule has 0 saturated heterocycles. The van der Waals surface area contributed by atoms with Gasteiger partial charge in [0.2, 0.25) is 10.0 Å². The average Bonchev–Trinajstić information content (AvgIpc) is 2.83. The van der Waals surface area contributed by atoms with Crippen LogP contribution in [0.15, 0.2) is 40.0 Å². The Morgan fingerprint density at radius 3 is 2.83 bits per heavy atom. The molecule has 2 N–H and O–H groups in total. The maximum Gasteiger partial charge on any atom is 0.240 e. The molecule has 0 spiro atoms. The van der Waals surface area contributed by atoms with Crippen LogP contribution in [0, 0.1) is 5.82 Å². The lowest BCUT2D eigenvalue weighted by atomic mass is 10.3. The second-order valence-electron chi connectivity index (χ2n) is 3.51. The molecule has 8 heteroatoms. The molecule has 1 aromatic carbocycles. The molecular formula is C10H9BrFN3O2S. The van der Waals surface area contributed by atoms with Gasteiger partial charge in [-0.25, -0.2) is 17.5 Å². The van der Waals surface area contributed by atoms with Crippen LogP contribution >= 0.6 is 15.9 Å². The van der Waals surface area contributed by atoms with Crippen molar-refractivity contribution in [2.75, 3.05) is 0 Å². The van der Waals surface area contributed by atoms with E-state index in [-0.39, 0.29) is 15.9 Å². The van der Waals surface area contributed by atoms with Crippen molar-refractivity contribution in [2.45, 2.75) is 11.4 Å². The predicted octanol–water partition coefficient (Wildman–Crippen LogP) is 1.79. The van der Waals surface area contributed by atoms with E-state index in [9.17, 15) is 12.8 Å². The smallest absolute Gasteiger partial charge is 0.240 e. The lowest BCUT2D eigenvalue weighted by Gasteiger charge is -2.06. The van der Waals surface area contributed by atoms with Crippen LogP contribution in [0.1, 0.15) is 5.56 Å². The van der Waals surface area contributed by atoms with E-state index < -0.39 is 15.8 Å². The van der Waals surface area contributed by atoms with Crippen LogP contribution in [0.3, 0.4) is 0 Å². The first-order chi connectivity index (χ1) is 8.49. The van der Waals surface area contributed by atoms with Gasteiger partial charge in [-0.1, -0.05) is 0 Å². The van der Waals surface area contributed by atoms with Gasteiger partial charge in [-0.3, -0.25) is 5.10 Å². The molecule has 0 saturated carbocycles. The van der Waals surface area contributed by atoms with Gasteiger partial charge in [0, 0.05) is 18.3 Å². The van der Waals surface area contributed by atoms with E-state index in [2.05, 4.69) is 30.8 Å². The summed E-state index contributed by atoms with van der Waals surface area (Å²) in [6.07, 6.45) is 3.08. The third kappa shape index (κ3) is 2.95. The van der Waals surface area contributed by atoms with Gasteiger partial charge in [0.1, 0.15) is 5.82 Å². The van der Waals surface area contributed by atoms with Gasteiger partial charge in [0.25, 0.3) is 0 Å². The van der Waals surface area contributed by atoms with Crippen molar-refractivity contribution in [3.05, 3.63) is 46.4 Å². The second-order valence-corrected chi connectivity index (χ2v) is 6.13. The molecule has 0 fully saturated rings. The topological polar surface area (TPSA) is 74.8 Å². The van der Waals surface area contributed by atoms with E-state index in [1.165, 1.54) is 18.3 Å². The number of benzene rings is 1. The largest absolute Gasteiger partial charge is 0.285 e. The Kier molecular flexibility index (Phi) is 3.79. The number of hydrogen-bond acceptors (Lipinski definition) is 3. The molecule has 96 valence electrons. The summed E-state index contributed by atoms with van der Waals surface area (Å²) in [4.78, 5) is -0.119. The number of nitrogens with one attached hydrogen (secondary N) is 2. The fourth-order valence-corrected chi connectivity index (χ4v) is 2.56. The van der Waals surface area contributed by atoms with Gasteiger partial charge < -0.3 is 0 Å². The van der Waals surface area contributed by atoms with Crippen LogP contribution in [0.5, 0.6) is 0 Å². The quantitative estimate of drug-likeness (QED) is 0.895. The number of nitrogens with zero attached hydrogens (tertiary/aromatic N) is 1. The molecule has 5 nitrogen and oxygen atoms in total. The van der Waals surface area contributed by atoms with Gasteiger partial charge in [-0.2, -0.15) is 5.10 Å². The Bertz CT molecular complexity index is 643. The normalized spacial score (nSPS) is 11.7. The number of rotatable bonds is 4. The minimum absolute atomic E-state index is 0.0938. The summed E-state index contributed by atoms with van der Waals surface area (Å²) in [5.41, 5.74) is 0.691. The van der Waals surface area contributed by atoms with Crippen LogP contribution < -0.4 is 4.72 Å². The molecule has 0 unspecified atom stereocenters. The Hall–Kier alpha value is -1.25. The molecular weight excluding hydrogens is 325 g/mol. The zero-order chi connectivity index (χ0) is 13.2. The molecule has 0 aliphatic rings. The van der Waals surface area contributed by atoms with Gasteiger partial charge in [0.15, 0.2) is 0 Å². The van der Waals surface area contributed by atoms with Crippen LogP contribution in [-0.4, -0.2) is 18.6 Å². The fraction of sp³-hybridized carbons (Fsp3) is 0.100. The van der Waals surface area contributed by atoms with Gasteiger partial charge in [-0.05, 0) is 34.1 Å². The highest BCUT2D eigenvalue weighted by Crippen LogP contribution is 2.19. The molecule has 0 bridgehead atoms. The van der Waals surface area contributed by atoms with Crippen molar-refractivity contribution in [1.82, 2.24) is 14.9 Å². The monoisotopic (exact) mass is 333 g/mol. The molecule has 0 amide bonds. The molecule has 0 aliphatic carbocycles. The first kappa shape index (κ1) is 13.2. The van der Waals surface area contributed by atoms with Crippen LogP contribution in [0.25, 0.3) is 0 Å². The van der Waals surface area contributed by atoms with Crippen LogP contribution in [0.4, 0.5) is 4.39 Å². The SMILES string of the molecule is O=S(=O)(NCc1cn[nH]c1)c1ccc(Br)c(F)c1. The molecule has 1 heterocycles. The molecule has 0 aliphatic heterocycles. The average molecular weight is 334 g/mol. The molecule has 2 rings (SSSR count). The number of aromatic amines is 1. The zero-order valence-corrected chi connectivity index (χ0v) is 11.4. The van der Waals surface area contributed by atoms with Crippen molar-refractivity contribution >= 4 is 26.0 Å². The van der Waals surface area contributed by atoms with Crippen LogP contribution in [-0.2, 0) is 16.6 Å². The van der Waals surface area contributed by atoms with Crippen molar-refractivity contribution in [2.24, 2.45) is 0 Å². The van der Waals surface area contributed by atoms with E-state index in [1.54, 1.807) is 6.20 Å². The van der Waals surface area contributed by atoms with Crippen molar-refractivity contribution in [1.29, 1.82) is 0 Å². The van der Waals surface area contributed by atoms with E-state index >= 15 is 0 Å². The lowest BCUT2D eigenvalue weighted by molar-refractivity contribution is 0.576. The molecule has 18 heavy (non-hydrogen) atoms. The van der Waals surface area contributed by atoms with E-state index in [0.717, 1.165) is 6.07 Å². The fourth-order valence-electron chi connectivity index (χ4n) is 1.28. The molecule has 1 aromatic heterocycles. The van der Waals surface area contributed by atoms with Crippen molar-refractivity contribution in [3.8, 4) is 0 Å². The first-order valence-corrected chi connectivity index (χ1v) is 7.19.